The van der Waals surface area contributed by atoms with Crippen LogP contribution in [0.2, 0.25) is 0 Å². The van der Waals surface area contributed by atoms with E-state index < -0.39 is 0 Å². The van der Waals surface area contributed by atoms with Gasteiger partial charge in [0.05, 0.1) is 19.9 Å². The van der Waals surface area contributed by atoms with E-state index in [1.165, 1.54) is 5.56 Å². The van der Waals surface area contributed by atoms with Crippen LogP contribution in [-0.2, 0) is 6.54 Å². The van der Waals surface area contributed by atoms with Crippen LogP contribution in [0, 0.1) is 0 Å². The minimum atomic E-state index is -0.0705. The molecule has 0 aliphatic rings. The quantitative estimate of drug-likeness (QED) is 0.316. The van der Waals surface area contributed by atoms with E-state index in [9.17, 15) is 4.79 Å². The number of ether oxygens (including phenoxy) is 2. The molecule has 0 spiro atoms. The Morgan fingerprint density at radius 2 is 1.59 bits per heavy atom. The Bertz CT molecular complexity index is 1260. The van der Waals surface area contributed by atoms with Gasteiger partial charge in [0.1, 0.15) is 5.01 Å². The maximum Gasteiger partial charge on any atom is 0.251 e. The summed E-state index contributed by atoms with van der Waals surface area (Å²) in [6, 6.07) is 21.7. The van der Waals surface area contributed by atoms with Crippen molar-refractivity contribution in [3.63, 3.8) is 0 Å². The Balaban J connectivity index is 1.40. The van der Waals surface area contributed by atoms with E-state index in [1.807, 2.05) is 72.1 Å². The number of benzene rings is 3. The van der Waals surface area contributed by atoms with Crippen molar-refractivity contribution in [2.75, 3.05) is 14.2 Å². The number of nitrogens with one attached hydrogen (secondary N) is 1. The predicted molar refractivity (Wildman–Crippen MR) is 138 cm³/mol. The van der Waals surface area contributed by atoms with Gasteiger partial charge in [-0.25, -0.2) is 4.98 Å². The summed E-state index contributed by atoms with van der Waals surface area (Å²) in [5.41, 5.74) is 5.83. The third kappa shape index (κ3) is 5.29. The zero-order valence-electron chi connectivity index (χ0n) is 19.8. The fourth-order valence-electron chi connectivity index (χ4n) is 3.60. The molecular formula is C28H28N2O3S. The van der Waals surface area contributed by atoms with Crippen LogP contribution in [0.15, 0.2) is 72.1 Å². The lowest BCUT2D eigenvalue weighted by atomic mass is 10.0. The minimum absolute atomic E-state index is 0.0705. The van der Waals surface area contributed by atoms with Crippen LogP contribution in [0.4, 0.5) is 0 Å². The van der Waals surface area contributed by atoms with Crippen LogP contribution in [0.5, 0.6) is 11.5 Å². The van der Waals surface area contributed by atoms with Crippen molar-refractivity contribution in [2.24, 2.45) is 0 Å². The van der Waals surface area contributed by atoms with E-state index in [2.05, 4.69) is 19.2 Å². The molecule has 0 bridgehead atoms. The van der Waals surface area contributed by atoms with E-state index in [-0.39, 0.29) is 5.91 Å². The van der Waals surface area contributed by atoms with Gasteiger partial charge in [0.2, 0.25) is 0 Å². The van der Waals surface area contributed by atoms with Gasteiger partial charge in [-0.05, 0) is 47.4 Å². The van der Waals surface area contributed by atoms with Crippen molar-refractivity contribution in [3.8, 4) is 33.3 Å². The molecule has 4 rings (SSSR count). The number of nitrogens with zero attached hydrogens (tertiary/aromatic N) is 1. The molecule has 0 saturated heterocycles. The van der Waals surface area contributed by atoms with Crippen molar-refractivity contribution in [1.82, 2.24) is 10.3 Å². The number of amides is 1. The molecule has 0 atom stereocenters. The first-order valence-electron chi connectivity index (χ1n) is 11.1. The molecule has 0 unspecified atom stereocenters. The summed E-state index contributed by atoms with van der Waals surface area (Å²) in [6.45, 7) is 4.75. The number of carbonyl (C=O) groups is 1. The molecule has 1 N–H and O–H groups in total. The van der Waals surface area contributed by atoms with Gasteiger partial charge in [0.25, 0.3) is 5.91 Å². The third-order valence-electron chi connectivity index (χ3n) is 5.68. The Kier molecular flexibility index (Phi) is 7.28. The fraction of sp³-hybridized carbons (Fsp3) is 0.214. The van der Waals surface area contributed by atoms with Crippen LogP contribution in [-0.4, -0.2) is 25.1 Å². The summed E-state index contributed by atoms with van der Waals surface area (Å²) in [5, 5.41) is 5.97. The second kappa shape index (κ2) is 10.5. The summed E-state index contributed by atoms with van der Waals surface area (Å²) >= 11 is 1.59. The molecule has 34 heavy (non-hydrogen) atoms. The topological polar surface area (TPSA) is 60.5 Å². The van der Waals surface area contributed by atoms with E-state index in [1.54, 1.807) is 25.6 Å². The standard InChI is InChI=1S/C28H28N2O3S/c1-18(2)20-9-11-21(12-10-20)27(31)29-16-19-5-7-22(8-6-19)28-30-24(17-34-28)23-13-14-25(32-3)26(15-23)33-4/h5-15,17-18H,16H2,1-4H3,(H,29,31). The first-order valence-corrected chi connectivity index (χ1v) is 12.0. The van der Waals surface area contributed by atoms with E-state index in [4.69, 9.17) is 14.5 Å². The number of hydrogen-bond donors (Lipinski definition) is 1. The maximum absolute atomic E-state index is 12.5. The molecule has 0 saturated carbocycles. The third-order valence-corrected chi connectivity index (χ3v) is 6.57. The molecule has 1 aromatic heterocycles. The molecule has 0 fully saturated rings. The summed E-state index contributed by atoms with van der Waals surface area (Å²) in [4.78, 5) is 17.3. The second-order valence-electron chi connectivity index (χ2n) is 8.26. The summed E-state index contributed by atoms with van der Waals surface area (Å²) in [6.07, 6.45) is 0. The lowest BCUT2D eigenvalue weighted by Gasteiger charge is -2.08. The highest BCUT2D eigenvalue weighted by atomic mass is 32.1. The summed E-state index contributed by atoms with van der Waals surface area (Å²) < 4.78 is 10.7. The Morgan fingerprint density at radius 1 is 0.912 bits per heavy atom. The molecule has 174 valence electrons. The van der Waals surface area contributed by atoms with Crippen LogP contribution in [0.25, 0.3) is 21.8 Å². The normalized spacial score (nSPS) is 10.9. The van der Waals surface area contributed by atoms with Gasteiger partial charge in [-0.15, -0.1) is 11.3 Å². The van der Waals surface area contributed by atoms with Gasteiger partial charge >= 0.3 is 0 Å². The van der Waals surface area contributed by atoms with Gasteiger partial charge in [-0.3, -0.25) is 4.79 Å². The van der Waals surface area contributed by atoms with Crippen LogP contribution < -0.4 is 14.8 Å². The second-order valence-corrected chi connectivity index (χ2v) is 9.12. The van der Waals surface area contributed by atoms with Crippen molar-refractivity contribution in [3.05, 3.63) is 88.8 Å². The number of rotatable bonds is 8. The van der Waals surface area contributed by atoms with Gasteiger partial charge < -0.3 is 14.8 Å². The molecule has 0 aliphatic carbocycles. The molecule has 0 aliphatic heterocycles. The molecule has 5 nitrogen and oxygen atoms in total. The lowest BCUT2D eigenvalue weighted by Crippen LogP contribution is -2.22. The summed E-state index contributed by atoms with van der Waals surface area (Å²) in [7, 11) is 3.25. The van der Waals surface area contributed by atoms with E-state index in [0.717, 1.165) is 27.4 Å². The van der Waals surface area contributed by atoms with Gasteiger partial charge in [-0.2, -0.15) is 0 Å². The first kappa shape index (κ1) is 23.5. The van der Waals surface area contributed by atoms with E-state index in [0.29, 0.717) is 29.5 Å². The minimum Gasteiger partial charge on any atom is -0.493 e. The zero-order chi connectivity index (χ0) is 24.1. The molecular weight excluding hydrogens is 444 g/mol. The highest BCUT2D eigenvalue weighted by Crippen LogP contribution is 2.34. The Hall–Kier alpha value is -3.64. The SMILES string of the molecule is COc1ccc(-c2csc(-c3ccc(CNC(=O)c4ccc(C(C)C)cc4)cc3)n2)cc1OC. The molecule has 0 radical (unpaired) electrons. The van der Waals surface area contributed by atoms with Crippen molar-refractivity contribution < 1.29 is 14.3 Å². The van der Waals surface area contributed by atoms with Gasteiger partial charge in [0, 0.05) is 28.6 Å². The average Bonchev–Trinajstić information content (AvgIpc) is 3.37. The average molecular weight is 473 g/mol. The Labute approximate surface area is 204 Å². The zero-order valence-corrected chi connectivity index (χ0v) is 20.6. The molecule has 4 aromatic rings. The number of carbonyl (C=O) groups excluding carboxylic acids is 1. The van der Waals surface area contributed by atoms with Crippen molar-refractivity contribution in [1.29, 1.82) is 0 Å². The first-order chi connectivity index (χ1) is 16.5. The predicted octanol–water partition coefficient (Wildman–Crippen LogP) is 6.55. The van der Waals surface area contributed by atoms with Crippen LogP contribution in [0.1, 0.15) is 41.3 Å². The maximum atomic E-state index is 12.5. The van der Waals surface area contributed by atoms with E-state index >= 15 is 0 Å². The smallest absolute Gasteiger partial charge is 0.251 e. The molecule has 1 amide bonds. The van der Waals surface area contributed by atoms with Crippen molar-refractivity contribution >= 4 is 17.2 Å². The van der Waals surface area contributed by atoms with Gasteiger partial charge in [-0.1, -0.05) is 50.2 Å². The monoisotopic (exact) mass is 472 g/mol. The number of thiazole rings is 1. The molecule has 6 heteroatoms. The summed E-state index contributed by atoms with van der Waals surface area (Å²) in [5.74, 6) is 1.75. The molecule has 3 aromatic carbocycles. The largest absolute Gasteiger partial charge is 0.493 e. The molecule has 1 heterocycles. The van der Waals surface area contributed by atoms with Crippen LogP contribution in [0.3, 0.4) is 0 Å². The number of hydrogen-bond acceptors (Lipinski definition) is 5. The highest BCUT2D eigenvalue weighted by molar-refractivity contribution is 7.13. The fourth-order valence-corrected chi connectivity index (χ4v) is 4.44. The van der Waals surface area contributed by atoms with Crippen molar-refractivity contribution in [2.45, 2.75) is 26.3 Å². The van der Waals surface area contributed by atoms with Crippen LogP contribution >= 0.6 is 11.3 Å². The Morgan fingerprint density at radius 3 is 2.24 bits per heavy atom. The number of methoxy groups -OCH3 is 2. The number of aromatic nitrogens is 1. The van der Waals surface area contributed by atoms with Gasteiger partial charge in [0.15, 0.2) is 11.5 Å². The highest BCUT2D eigenvalue weighted by Gasteiger charge is 2.11. The lowest BCUT2D eigenvalue weighted by molar-refractivity contribution is 0.0951.